The molecule has 0 fully saturated rings. The van der Waals surface area contributed by atoms with E-state index in [1.165, 1.54) is 17.7 Å². The maximum atomic E-state index is 6.04. The van der Waals surface area contributed by atoms with Crippen LogP contribution < -0.4 is 10.6 Å². The molecule has 0 aliphatic carbocycles. The number of nitrogen functional groups attached to an aromatic ring is 1. The Kier molecular flexibility index (Phi) is 4.66. The highest BCUT2D eigenvalue weighted by molar-refractivity contribution is 5.68. The zero-order valence-corrected chi connectivity index (χ0v) is 11.0. The Morgan fingerprint density at radius 1 is 1.31 bits per heavy atom. The number of benzene rings is 1. The van der Waals surface area contributed by atoms with Crippen LogP contribution in [0.3, 0.4) is 0 Å². The smallest absolute Gasteiger partial charge is 0.0602 e. The van der Waals surface area contributed by atoms with Crippen molar-refractivity contribution < 1.29 is 0 Å². The van der Waals surface area contributed by atoms with Gasteiger partial charge >= 0.3 is 0 Å². The maximum Gasteiger partial charge on any atom is 0.0602 e. The van der Waals surface area contributed by atoms with Crippen molar-refractivity contribution >= 4 is 11.4 Å². The lowest BCUT2D eigenvalue weighted by atomic mass is 10.1. The Morgan fingerprint density at radius 2 is 2.00 bits per heavy atom. The summed E-state index contributed by atoms with van der Waals surface area (Å²) in [5.74, 6) is 0.708. The van der Waals surface area contributed by atoms with Gasteiger partial charge in [0.25, 0.3) is 0 Å². The third-order valence-electron chi connectivity index (χ3n) is 3.14. The van der Waals surface area contributed by atoms with Gasteiger partial charge in [-0.25, -0.2) is 0 Å². The topological polar surface area (TPSA) is 29.3 Å². The van der Waals surface area contributed by atoms with E-state index in [0.29, 0.717) is 5.92 Å². The van der Waals surface area contributed by atoms with Crippen LogP contribution in [0.1, 0.15) is 32.8 Å². The van der Waals surface area contributed by atoms with Crippen molar-refractivity contribution in [2.45, 2.75) is 34.1 Å². The van der Waals surface area contributed by atoms with Crippen LogP contribution in [0.15, 0.2) is 18.2 Å². The Bertz CT molecular complexity index is 334. The predicted octanol–water partition coefficient (Wildman–Crippen LogP) is 3.45. The lowest BCUT2D eigenvalue weighted by Gasteiger charge is -2.27. The van der Waals surface area contributed by atoms with E-state index in [4.69, 9.17) is 5.73 Å². The van der Waals surface area contributed by atoms with E-state index < -0.39 is 0 Å². The van der Waals surface area contributed by atoms with Crippen LogP contribution in [0.2, 0.25) is 0 Å². The Hall–Kier alpha value is -1.18. The highest BCUT2D eigenvalue weighted by Gasteiger charge is 2.11. The summed E-state index contributed by atoms with van der Waals surface area (Å²) in [4.78, 5) is 2.37. The molecule has 0 saturated heterocycles. The van der Waals surface area contributed by atoms with E-state index in [2.05, 4.69) is 44.7 Å². The Labute approximate surface area is 99.5 Å². The molecular formula is C14H24N2. The molecule has 0 bridgehead atoms. The minimum atomic E-state index is 0.708. The molecule has 0 aromatic heterocycles. The van der Waals surface area contributed by atoms with Crippen LogP contribution in [-0.2, 0) is 0 Å². The zero-order chi connectivity index (χ0) is 12.1. The fraction of sp³-hybridized carbons (Fsp3) is 0.571. The molecule has 1 aromatic carbocycles. The summed E-state index contributed by atoms with van der Waals surface area (Å²) in [6.45, 7) is 10.9. The second-order valence-corrected chi connectivity index (χ2v) is 4.61. The third kappa shape index (κ3) is 3.16. The summed E-state index contributed by atoms with van der Waals surface area (Å²) in [6, 6.07) is 6.25. The van der Waals surface area contributed by atoms with Crippen molar-refractivity contribution in [1.82, 2.24) is 0 Å². The fourth-order valence-electron chi connectivity index (χ4n) is 1.83. The molecule has 16 heavy (non-hydrogen) atoms. The van der Waals surface area contributed by atoms with Gasteiger partial charge in [0, 0.05) is 13.1 Å². The average Bonchev–Trinajstić information content (AvgIpc) is 2.29. The molecule has 90 valence electrons. The summed E-state index contributed by atoms with van der Waals surface area (Å²) in [6.07, 6.45) is 1.21. The highest BCUT2D eigenvalue weighted by atomic mass is 15.1. The first-order valence-electron chi connectivity index (χ1n) is 6.19. The van der Waals surface area contributed by atoms with Gasteiger partial charge in [-0.3, -0.25) is 0 Å². The predicted molar refractivity (Wildman–Crippen MR) is 72.9 cm³/mol. The summed E-state index contributed by atoms with van der Waals surface area (Å²) in [7, 11) is 0. The first-order chi connectivity index (χ1) is 7.58. The number of hydrogen-bond acceptors (Lipinski definition) is 2. The van der Waals surface area contributed by atoms with Gasteiger partial charge in [0.1, 0.15) is 0 Å². The van der Waals surface area contributed by atoms with Crippen molar-refractivity contribution in [3.8, 4) is 0 Å². The molecule has 2 N–H and O–H groups in total. The van der Waals surface area contributed by atoms with Gasteiger partial charge < -0.3 is 10.6 Å². The molecule has 0 aliphatic heterocycles. The molecule has 1 aromatic rings. The minimum absolute atomic E-state index is 0.708. The summed E-state index contributed by atoms with van der Waals surface area (Å²) in [5.41, 5.74) is 9.38. The van der Waals surface area contributed by atoms with Crippen LogP contribution >= 0.6 is 0 Å². The van der Waals surface area contributed by atoms with Crippen molar-refractivity contribution in [1.29, 1.82) is 0 Å². The van der Waals surface area contributed by atoms with Gasteiger partial charge in [0.2, 0.25) is 0 Å². The van der Waals surface area contributed by atoms with Crippen LogP contribution in [0.25, 0.3) is 0 Å². The Morgan fingerprint density at radius 3 is 2.56 bits per heavy atom. The second kappa shape index (κ2) is 5.78. The lowest BCUT2D eigenvalue weighted by molar-refractivity contribution is 0.548. The van der Waals surface area contributed by atoms with Crippen molar-refractivity contribution in [2.75, 3.05) is 23.7 Å². The molecule has 0 amide bonds. The SMILES string of the molecule is CCC(C)CN(CC)c1cc(C)ccc1N. The molecule has 0 spiro atoms. The van der Waals surface area contributed by atoms with Crippen molar-refractivity contribution in [3.05, 3.63) is 23.8 Å². The van der Waals surface area contributed by atoms with Gasteiger partial charge in [-0.15, -0.1) is 0 Å². The fourth-order valence-corrected chi connectivity index (χ4v) is 1.83. The van der Waals surface area contributed by atoms with E-state index in [1.807, 2.05) is 6.07 Å². The number of aryl methyl sites for hydroxylation is 1. The molecule has 1 rings (SSSR count). The van der Waals surface area contributed by atoms with Crippen LogP contribution in [0.5, 0.6) is 0 Å². The standard InChI is InChI=1S/C14H24N2/c1-5-11(3)10-16(6-2)14-9-12(4)7-8-13(14)15/h7-9,11H,5-6,10,15H2,1-4H3. The van der Waals surface area contributed by atoms with Gasteiger partial charge in [0.05, 0.1) is 11.4 Å². The molecule has 2 heteroatoms. The summed E-state index contributed by atoms with van der Waals surface area (Å²) in [5, 5.41) is 0. The van der Waals surface area contributed by atoms with Crippen molar-refractivity contribution in [2.24, 2.45) is 5.92 Å². The maximum absolute atomic E-state index is 6.04. The summed E-state index contributed by atoms with van der Waals surface area (Å²) < 4.78 is 0. The minimum Gasteiger partial charge on any atom is -0.397 e. The molecule has 0 heterocycles. The molecule has 1 atom stereocenters. The monoisotopic (exact) mass is 220 g/mol. The second-order valence-electron chi connectivity index (χ2n) is 4.61. The van der Waals surface area contributed by atoms with E-state index in [9.17, 15) is 0 Å². The van der Waals surface area contributed by atoms with Crippen LogP contribution in [0, 0.1) is 12.8 Å². The first-order valence-corrected chi connectivity index (χ1v) is 6.19. The molecule has 0 radical (unpaired) electrons. The first kappa shape index (κ1) is 12.9. The van der Waals surface area contributed by atoms with Crippen molar-refractivity contribution in [3.63, 3.8) is 0 Å². The lowest BCUT2D eigenvalue weighted by Crippen LogP contribution is -2.28. The number of nitrogens with zero attached hydrogens (tertiary/aromatic N) is 1. The van der Waals surface area contributed by atoms with Gasteiger partial charge in [-0.2, -0.15) is 0 Å². The molecule has 0 saturated carbocycles. The van der Waals surface area contributed by atoms with Gasteiger partial charge in [-0.05, 0) is 37.5 Å². The highest BCUT2D eigenvalue weighted by Crippen LogP contribution is 2.25. The van der Waals surface area contributed by atoms with E-state index >= 15 is 0 Å². The molecule has 0 aliphatic rings. The number of hydrogen-bond donors (Lipinski definition) is 1. The number of rotatable bonds is 5. The zero-order valence-electron chi connectivity index (χ0n) is 11.0. The number of anilines is 2. The van der Waals surface area contributed by atoms with Crippen LogP contribution in [-0.4, -0.2) is 13.1 Å². The average molecular weight is 220 g/mol. The van der Waals surface area contributed by atoms with Gasteiger partial charge in [-0.1, -0.05) is 26.3 Å². The quantitative estimate of drug-likeness (QED) is 0.770. The third-order valence-corrected chi connectivity index (χ3v) is 3.14. The van der Waals surface area contributed by atoms with E-state index in [0.717, 1.165) is 18.8 Å². The van der Waals surface area contributed by atoms with Crippen LogP contribution in [0.4, 0.5) is 11.4 Å². The van der Waals surface area contributed by atoms with Gasteiger partial charge in [0.15, 0.2) is 0 Å². The summed E-state index contributed by atoms with van der Waals surface area (Å²) >= 11 is 0. The number of nitrogens with two attached hydrogens (primary N) is 1. The molecule has 2 nitrogen and oxygen atoms in total. The molecule has 1 unspecified atom stereocenters. The largest absolute Gasteiger partial charge is 0.397 e. The normalized spacial score (nSPS) is 12.5. The Balaban J connectivity index is 2.89. The van der Waals surface area contributed by atoms with E-state index in [-0.39, 0.29) is 0 Å². The molecular weight excluding hydrogens is 196 g/mol. The van der Waals surface area contributed by atoms with E-state index in [1.54, 1.807) is 0 Å².